The SMILES string of the molecule is CCCCCNC(CC)c1cccc(F)c1. The lowest BCUT2D eigenvalue weighted by Gasteiger charge is -2.17. The Morgan fingerprint density at radius 3 is 2.69 bits per heavy atom. The number of hydrogen-bond donors (Lipinski definition) is 1. The Hall–Kier alpha value is -0.890. The summed E-state index contributed by atoms with van der Waals surface area (Å²) in [5, 5.41) is 3.48. The third-order valence-corrected chi connectivity index (χ3v) is 2.83. The zero-order chi connectivity index (χ0) is 11.8. The molecule has 1 unspecified atom stereocenters. The second-order valence-electron chi connectivity index (χ2n) is 4.18. The number of halogens is 1. The quantitative estimate of drug-likeness (QED) is 0.687. The van der Waals surface area contributed by atoms with Gasteiger partial charge in [-0.05, 0) is 37.1 Å². The number of rotatable bonds is 7. The minimum absolute atomic E-state index is 0.147. The van der Waals surface area contributed by atoms with Gasteiger partial charge in [0.25, 0.3) is 0 Å². The van der Waals surface area contributed by atoms with Crippen LogP contribution in [0.5, 0.6) is 0 Å². The van der Waals surface area contributed by atoms with Crippen molar-refractivity contribution in [3.63, 3.8) is 0 Å². The van der Waals surface area contributed by atoms with E-state index in [4.69, 9.17) is 0 Å². The Balaban J connectivity index is 2.47. The van der Waals surface area contributed by atoms with Crippen LogP contribution in [0.1, 0.15) is 51.1 Å². The zero-order valence-corrected chi connectivity index (χ0v) is 10.3. The fourth-order valence-electron chi connectivity index (χ4n) is 1.87. The van der Waals surface area contributed by atoms with Crippen LogP contribution in [0.2, 0.25) is 0 Å². The van der Waals surface area contributed by atoms with Crippen molar-refractivity contribution in [1.29, 1.82) is 0 Å². The highest BCUT2D eigenvalue weighted by Gasteiger charge is 2.08. The van der Waals surface area contributed by atoms with Gasteiger partial charge in [0, 0.05) is 6.04 Å². The van der Waals surface area contributed by atoms with E-state index in [0.29, 0.717) is 0 Å². The van der Waals surface area contributed by atoms with Crippen LogP contribution in [0.15, 0.2) is 24.3 Å². The number of benzene rings is 1. The fraction of sp³-hybridized carbons (Fsp3) is 0.571. The molecule has 0 aliphatic carbocycles. The van der Waals surface area contributed by atoms with E-state index < -0.39 is 0 Å². The van der Waals surface area contributed by atoms with Crippen molar-refractivity contribution < 1.29 is 4.39 Å². The molecule has 0 heterocycles. The summed E-state index contributed by atoms with van der Waals surface area (Å²) in [6.45, 7) is 5.34. The van der Waals surface area contributed by atoms with E-state index in [9.17, 15) is 4.39 Å². The van der Waals surface area contributed by atoms with Crippen molar-refractivity contribution in [2.24, 2.45) is 0 Å². The number of hydrogen-bond acceptors (Lipinski definition) is 1. The second-order valence-corrected chi connectivity index (χ2v) is 4.18. The molecular formula is C14H22FN. The molecule has 0 saturated carbocycles. The van der Waals surface area contributed by atoms with E-state index in [1.54, 1.807) is 12.1 Å². The average molecular weight is 223 g/mol. The van der Waals surface area contributed by atoms with Gasteiger partial charge < -0.3 is 5.32 Å². The average Bonchev–Trinajstić information content (AvgIpc) is 2.29. The predicted molar refractivity (Wildman–Crippen MR) is 67.0 cm³/mol. The molecule has 0 saturated heterocycles. The molecule has 0 spiro atoms. The second kappa shape index (κ2) is 7.39. The molecule has 1 N–H and O–H groups in total. The smallest absolute Gasteiger partial charge is 0.123 e. The maximum Gasteiger partial charge on any atom is 0.123 e. The van der Waals surface area contributed by atoms with E-state index in [1.807, 2.05) is 6.07 Å². The van der Waals surface area contributed by atoms with E-state index >= 15 is 0 Å². The van der Waals surface area contributed by atoms with Gasteiger partial charge in [0.2, 0.25) is 0 Å². The molecule has 1 atom stereocenters. The maximum atomic E-state index is 13.1. The van der Waals surface area contributed by atoms with Gasteiger partial charge in [-0.15, -0.1) is 0 Å². The molecule has 0 aliphatic rings. The van der Waals surface area contributed by atoms with Gasteiger partial charge in [-0.3, -0.25) is 0 Å². The third kappa shape index (κ3) is 4.31. The lowest BCUT2D eigenvalue weighted by Crippen LogP contribution is -2.21. The van der Waals surface area contributed by atoms with Crippen molar-refractivity contribution in [3.8, 4) is 0 Å². The van der Waals surface area contributed by atoms with Gasteiger partial charge in [-0.25, -0.2) is 4.39 Å². The van der Waals surface area contributed by atoms with Crippen LogP contribution in [-0.2, 0) is 0 Å². The van der Waals surface area contributed by atoms with Gasteiger partial charge in [0.15, 0.2) is 0 Å². The summed E-state index contributed by atoms with van der Waals surface area (Å²) in [5.41, 5.74) is 1.05. The first-order chi connectivity index (χ1) is 7.77. The van der Waals surface area contributed by atoms with Crippen LogP contribution in [0.3, 0.4) is 0 Å². The lowest BCUT2D eigenvalue weighted by molar-refractivity contribution is 0.498. The van der Waals surface area contributed by atoms with Crippen LogP contribution in [0.4, 0.5) is 4.39 Å². The van der Waals surface area contributed by atoms with Gasteiger partial charge in [0.1, 0.15) is 5.82 Å². The number of unbranched alkanes of at least 4 members (excludes halogenated alkanes) is 2. The van der Waals surface area contributed by atoms with E-state index in [-0.39, 0.29) is 11.9 Å². The Kier molecular flexibility index (Phi) is 6.09. The highest BCUT2D eigenvalue weighted by molar-refractivity contribution is 5.19. The monoisotopic (exact) mass is 223 g/mol. The first-order valence-corrected chi connectivity index (χ1v) is 6.26. The van der Waals surface area contributed by atoms with Gasteiger partial charge in [0.05, 0.1) is 0 Å². The van der Waals surface area contributed by atoms with Crippen LogP contribution in [0.25, 0.3) is 0 Å². The molecule has 0 amide bonds. The minimum Gasteiger partial charge on any atom is -0.310 e. The van der Waals surface area contributed by atoms with Crippen molar-refractivity contribution in [3.05, 3.63) is 35.6 Å². The highest BCUT2D eigenvalue weighted by Crippen LogP contribution is 2.17. The highest BCUT2D eigenvalue weighted by atomic mass is 19.1. The molecule has 1 nitrogen and oxygen atoms in total. The molecule has 1 aromatic carbocycles. The van der Waals surface area contributed by atoms with E-state index in [1.165, 1.54) is 25.3 Å². The van der Waals surface area contributed by atoms with Crippen molar-refractivity contribution in [2.45, 2.75) is 45.6 Å². The molecule has 0 aromatic heterocycles. The van der Waals surface area contributed by atoms with Crippen LogP contribution >= 0.6 is 0 Å². The summed E-state index contributed by atoms with van der Waals surface area (Å²) in [5.74, 6) is -0.147. The molecule has 16 heavy (non-hydrogen) atoms. The maximum absolute atomic E-state index is 13.1. The summed E-state index contributed by atoms with van der Waals surface area (Å²) in [4.78, 5) is 0. The summed E-state index contributed by atoms with van der Waals surface area (Å²) in [7, 11) is 0. The lowest BCUT2D eigenvalue weighted by atomic mass is 10.0. The van der Waals surface area contributed by atoms with Crippen molar-refractivity contribution in [2.75, 3.05) is 6.54 Å². The minimum atomic E-state index is -0.147. The Morgan fingerprint density at radius 1 is 1.25 bits per heavy atom. The first-order valence-electron chi connectivity index (χ1n) is 6.26. The zero-order valence-electron chi connectivity index (χ0n) is 10.3. The summed E-state index contributed by atoms with van der Waals surface area (Å²) in [6.07, 6.45) is 4.68. The Bertz CT molecular complexity index is 299. The van der Waals surface area contributed by atoms with Gasteiger partial charge in [-0.1, -0.05) is 38.8 Å². The van der Waals surface area contributed by atoms with E-state index in [2.05, 4.69) is 19.2 Å². The van der Waals surface area contributed by atoms with E-state index in [0.717, 1.165) is 18.5 Å². The first kappa shape index (κ1) is 13.2. The molecule has 1 aromatic rings. The van der Waals surface area contributed by atoms with Crippen molar-refractivity contribution in [1.82, 2.24) is 5.32 Å². The van der Waals surface area contributed by atoms with Crippen LogP contribution in [0, 0.1) is 5.82 Å². The van der Waals surface area contributed by atoms with Crippen LogP contribution < -0.4 is 5.32 Å². The molecule has 0 fully saturated rings. The Morgan fingerprint density at radius 2 is 2.06 bits per heavy atom. The third-order valence-electron chi connectivity index (χ3n) is 2.83. The molecule has 0 aliphatic heterocycles. The molecular weight excluding hydrogens is 201 g/mol. The predicted octanol–water partition coefficient (Wildman–Crippen LogP) is 4.06. The molecule has 1 rings (SSSR count). The largest absolute Gasteiger partial charge is 0.310 e. The standard InChI is InChI=1S/C14H22FN/c1-3-5-6-10-16-14(4-2)12-8-7-9-13(15)11-12/h7-9,11,14,16H,3-6,10H2,1-2H3. The topological polar surface area (TPSA) is 12.0 Å². The Labute approximate surface area is 98.1 Å². The summed E-state index contributed by atoms with van der Waals surface area (Å²) >= 11 is 0. The van der Waals surface area contributed by atoms with Crippen LogP contribution in [-0.4, -0.2) is 6.54 Å². The van der Waals surface area contributed by atoms with Gasteiger partial charge >= 0.3 is 0 Å². The molecule has 90 valence electrons. The molecule has 2 heteroatoms. The molecule has 0 bridgehead atoms. The number of nitrogens with one attached hydrogen (secondary N) is 1. The summed E-state index contributed by atoms with van der Waals surface area (Å²) < 4.78 is 13.1. The van der Waals surface area contributed by atoms with Gasteiger partial charge in [-0.2, -0.15) is 0 Å². The summed E-state index contributed by atoms with van der Waals surface area (Å²) in [6, 6.07) is 7.17. The normalized spacial score (nSPS) is 12.7. The molecule has 0 radical (unpaired) electrons. The fourth-order valence-corrected chi connectivity index (χ4v) is 1.87. The van der Waals surface area contributed by atoms with Crippen molar-refractivity contribution >= 4 is 0 Å².